The number of nitrogens with zero attached hydrogens (tertiary/aromatic N) is 1. The number of hydroxylamine groups is 1. The van der Waals surface area contributed by atoms with Gasteiger partial charge < -0.3 is 0 Å². The van der Waals surface area contributed by atoms with Crippen molar-refractivity contribution in [3.63, 3.8) is 0 Å². The van der Waals surface area contributed by atoms with Crippen molar-refractivity contribution in [1.29, 1.82) is 0 Å². The Morgan fingerprint density at radius 3 is 2.80 bits per heavy atom. The first-order valence-electron chi connectivity index (χ1n) is 4.33. The van der Waals surface area contributed by atoms with Crippen LogP contribution in [0.4, 0.5) is 10.5 Å². The van der Waals surface area contributed by atoms with Crippen molar-refractivity contribution < 1.29 is 9.63 Å². The molecule has 2 amide bonds. The lowest BCUT2D eigenvalue weighted by molar-refractivity contribution is 0.0528. The van der Waals surface area contributed by atoms with E-state index >= 15 is 0 Å². The molecule has 2 rings (SSSR count). The summed E-state index contributed by atoms with van der Waals surface area (Å²) in [5, 5.41) is 0.891. The van der Waals surface area contributed by atoms with Crippen LogP contribution in [-0.4, -0.2) is 19.2 Å². The Morgan fingerprint density at radius 2 is 2.13 bits per heavy atom. The Kier molecular flexibility index (Phi) is 3.00. The Labute approximate surface area is 96.7 Å². The van der Waals surface area contributed by atoms with Crippen LogP contribution in [0.25, 0.3) is 0 Å². The molecule has 1 aromatic carbocycles. The molecule has 0 aromatic heterocycles. The minimum atomic E-state index is -0.306. The highest BCUT2D eigenvalue weighted by Gasteiger charge is 2.20. The second kappa shape index (κ2) is 4.26. The van der Waals surface area contributed by atoms with Gasteiger partial charge in [0.2, 0.25) is 0 Å². The van der Waals surface area contributed by atoms with Gasteiger partial charge in [-0.2, -0.15) is 0 Å². The van der Waals surface area contributed by atoms with E-state index in [2.05, 4.69) is 5.48 Å². The van der Waals surface area contributed by atoms with E-state index in [-0.39, 0.29) is 6.03 Å². The van der Waals surface area contributed by atoms with Crippen molar-refractivity contribution in [2.24, 2.45) is 0 Å². The Balaban J connectivity index is 2.28. The van der Waals surface area contributed by atoms with E-state index < -0.39 is 0 Å². The number of carbonyl (C=O) groups is 1. The summed E-state index contributed by atoms with van der Waals surface area (Å²) >= 11 is 11.6. The third-order valence-electron chi connectivity index (χ3n) is 2.04. The molecule has 1 N–H and O–H groups in total. The van der Waals surface area contributed by atoms with Crippen molar-refractivity contribution in [3.05, 3.63) is 28.2 Å². The quantitative estimate of drug-likeness (QED) is 0.828. The predicted octanol–water partition coefficient (Wildman–Crippen LogP) is 2.45. The molecule has 1 aromatic rings. The first-order valence-corrected chi connectivity index (χ1v) is 5.08. The molecule has 4 nitrogen and oxygen atoms in total. The van der Waals surface area contributed by atoms with Gasteiger partial charge >= 0.3 is 6.03 Å². The van der Waals surface area contributed by atoms with Gasteiger partial charge in [0, 0.05) is 5.69 Å². The fraction of sp³-hybridized carbons (Fsp3) is 0.222. The first kappa shape index (κ1) is 10.5. The first-order chi connectivity index (χ1) is 7.18. The summed E-state index contributed by atoms with van der Waals surface area (Å²) in [7, 11) is 0. The summed E-state index contributed by atoms with van der Waals surface area (Å²) in [4.78, 5) is 17.7. The smallest absolute Gasteiger partial charge is 0.290 e. The lowest BCUT2D eigenvalue weighted by Gasteiger charge is -2.27. The van der Waals surface area contributed by atoms with Crippen LogP contribution >= 0.6 is 23.2 Å². The maximum atomic E-state index is 11.4. The Hall–Kier alpha value is -0.970. The second-order valence-corrected chi connectivity index (χ2v) is 3.82. The van der Waals surface area contributed by atoms with Gasteiger partial charge in [0.1, 0.15) is 0 Å². The lowest BCUT2D eigenvalue weighted by atomic mass is 10.3. The number of carbonyl (C=O) groups excluding carboxylic acids is 1. The average molecular weight is 247 g/mol. The Bertz CT molecular complexity index is 398. The molecule has 0 unspecified atom stereocenters. The van der Waals surface area contributed by atoms with Crippen LogP contribution in [0.2, 0.25) is 10.0 Å². The fourth-order valence-corrected chi connectivity index (χ4v) is 1.60. The second-order valence-electron chi connectivity index (χ2n) is 3.01. The summed E-state index contributed by atoms with van der Waals surface area (Å²) < 4.78 is 0. The molecule has 1 heterocycles. The molecule has 0 atom stereocenters. The average Bonchev–Trinajstić information content (AvgIpc) is 2.23. The minimum absolute atomic E-state index is 0.306. The van der Waals surface area contributed by atoms with Crippen molar-refractivity contribution in [1.82, 2.24) is 5.48 Å². The highest BCUT2D eigenvalue weighted by atomic mass is 35.5. The Morgan fingerprint density at radius 1 is 1.33 bits per heavy atom. The fourth-order valence-electron chi connectivity index (χ4n) is 1.31. The molecule has 1 fully saturated rings. The van der Waals surface area contributed by atoms with Crippen LogP contribution in [0.15, 0.2) is 18.2 Å². The van der Waals surface area contributed by atoms with E-state index in [4.69, 9.17) is 28.0 Å². The zero-order valence-corrected chi connectivity index (χ0v) is 9.18. The molecule has 0 bridgehead atoms. The number of rotatable bonds is 1. The van der Waals surface area contributed by atoms with Crippen molar-refractivity contribution in [3.8, 4) is 0 Å². The largest absolute Gasteiger partial charge is 0.345 e. The van der Waals surface area contributed by atoms with Crippen molar-refractivity contribution >= 4 is 34.9 Å². The van der Waals surface area contributed by atoms with Crippen LogP contribution in [0, 0.1) is 0 Å². The van der Waals surface area contributed by atoms with E-state index in [1.165, 1.54) is 4.90 Å². The van der Waals surface area contributed by atoms with Crippen molar-refractivity contribution in [2.45, 2.75) is 0 Å². The molecule has 1 saturated heterocycles. The predicted molar refractivity (Wildman–Crippen MR) is 58.3 cm³/mol. The van der Waals surface area contributed by atoms with Crippen LogP contribution in [-0.2, 0) is 4.84 Å². The molecule has 0 aliphatic carbocycles. The molecule has 80 valence electrons. The number of nitrogens with one attached hydrogen (secondary N) is 1. The molecular weight excluding hydrogens is 239 g/mol. The molecule has 0 radical (unpaired) electrons. The summed E-state index contributed by atoms with van der Waals surface area (Å²) in [6.45, 7) is 0.926. The van der Waals surface area contributed by atoms with Crippen LogP contribution in [0.3, 0.4) is 0 Å². The van der Waals surface area contributed by atoms with Crippen LogP contribution in [0.5, 0.6) is 0 Å². The molecule has 0 spiro atoms. The number of hydrogen-bond acceptors (Lipinski definition) is 2. The number of benzene rings is 1. The third-order valence-corrected chi connectivity index (χ3v) is 2.78. The third kappa shape index (κ3) is 2.17. The monoisotopic (exact) mass is 246 g/mol. The number of halogens is 2. The number of amides is 2. The van der Waals surface area contributed by atoms with Crippen molar-refractivity contribution in [2.75, 3.05) is 18.1 Å². The summed E-state index contributed by atoms with van der Waals surface area (Å²) in [6, 6.07) is 4.73. The van der Waals surface area contributed by atoms with Gasteiger partial charge in [-0.1, -0.05) is 23.2 Å². The molecule has 15 heavy (non-hydrogen) atoms. The molecule has 0 saturated carbocycles. The van der Waals surface area contributed by atoms with Gasteiger partial charge in [-0.25, -0.2) is 10.3 Å². The van der Waals surface area contributed by atoms with Gasteiger partial charge in [-0.3, -0.25) is 9.74 Å². The standard InChI is InChI=1S/C9H8Cl2N2O2/c10-7-2-1-6(5-8(7)11)13-3-4-15-12-9(13)14/h1-2,5H,3-4H2,(H,12,14). The van der Waals surface area contributed by atoms with E-state index in [9.17, 15) is 4.79 Å². The van der Waals surface area contributed by atoms with E-state index in [0.717, 1.165) is 0 Å². The molecule has 6 heteroatoms. The summed E-state index contributed by atoms with van der Waals surface area (Å²) in [5.41, 5.74) is 2.97. The van der Waals surface area contributed by atoms with Gasteiger partial charge in [0.15, 0.2) is 0 Å². The molecular formula is C9H8Cl2N2O2. The van der Waals surface area contributed by atoms with E-state index in [1.807, 2.05) is 0 Å². The maximum Gasteiger partial charge on any atom is 0.345 e. The van der Waals surface area contributed by atoms with Gasteiger partial charge in [-0.05, 0) is 18.2 Å². The maximum absolute atomic E-state index is 11.4. The number of hydrogen-bond donors (Lipinski definition) is 1. The van der Waals surface area contributed by atoms with Crippen LogP contribution < -0.4 is 10.4 Å². The SMILES string of the molecule is O=C1NOCCN1c1ccc(Cl)c(Cl)c1. The van der Waals surface area contributed by atoms with E-state index in [0.29, 0.717) is 28.9 Å². The minimum Gasteiger partial charge on any atom is -0.290 e. The summed E-state index contributed by atoms with van der Waals surface area (Å²) in [5.74, 6) is 0. The summed E-state index contributed by atoms with van der Waals surface area (Å²) in [6.07, 6.45) is 0. The highest BCUT2D eigenvalue weighted by Crippen LogP contribution is 2.27. The van der Waals surface area contributed by atoms with Crippen LogP contribution in [0.1, 0.15) is 0 Å². The zero-order valence-electron chi connectivity index (χ0n) is 7.67. The van der Waals surface area contributed by atoms with E-state index in [1.54, 1.807) is 18.2 Å². The van der Waals surface area contributed by atoms with Gasteiger partial charge in [-0.15, -0.1) is 0 Å². The zero-order chi connectivity index (χ0) is 10.8. The topological polar surface area (TPSA) is 41.6 Å². The number of urea groups is 1. The number of anilines is 1. The van der Waals surface area contributed by atoms with Gasteiger partial charge in [0.25, 0.3) is 0 Å². The highest BCUT2D eigenvalue weighted by molar-refractivity contribution is 6.42. The normalized spacial score (nSPS) is 16.4. The molecule has 1 aliphatic heterocycles. The molecule has 1 aliphatic rings. The lowest BCUT2D eigenvalue weighted by Crippen LogP contribution is -2.47. The van der Waals surface area contributed by atoms with Gasteiger partial charge in [0.05, 0.1) is 23.2 Å².